The van der Waals surface area contributed by atoms with Crippen molar-refractivity contribution in [3.05, 3.63) is 30.3 Å². The molecule has 0 aliphatic rings. The summed E-state index contributed by atoms with van der Waals surface area (Å²) in [6.45, 7) is 6.04. The van der Waals surface area contributed by atoms with Crippen LogP contribution >= 0.6 is 0 Å². The van der Waals surface area contributed by atoms with Crippen LogP contribution in [0.15, 0.2) is 30.3 Å². The first-order valence-corrected chi connectivity index (χ1v) is 6.24. The van der Waals surface area contributed by atoms with Crippen molar-refractivity contribution in [2.75, 3.05) is 11.9 Å². The van der Waals surface area contributed by atoms with Crippen molar-refractivity contribution >= 4 is 11.6 Å². The summed E-state index contributed by atoms with van der Waals surface area (Å²) in [4.78, 5) is 11.9. The van der Waals surface area contributed by atoms with Gasteiger partial charge in [-0.25, -0.2) is 0 Å². The third kappa shape index (κ3) is 4.13. The van der Waals surface area contributed by atoms with E-state index in [2.05, 4.69) is 5.32 Å². The lowest BCUT2D eigenvalue weighted by Crippen LogP contribution is -2.43. The first kappa shape index (κ1) is 14.7. The van der Waals surface area contributed by atoms with E-state index in [-0.39, 0.29) is 5.91 Å². The molecule has 18 heavy (non-hydrogen) atoms. The number of para-hydroxylation sites is 1. The number of rotatable bonds is 6. The molecule has 2 unspecified atom stereocenters. The average molecular weight is 250 g/mol. The molecule has 1 aromatic carbocycles. The molecule has 100 valence electrons. The second-order valence-corrected chi connectivity index (χ2v) is 4.62. The van der Waals surface area contributed by atoms with Crippen LogP contribution < -0.4 is 11.1 Å². The van der Waals surface area contributed by atoms with E-state index in [0.717, 1.165) is 12.1 Å². The van der Waals surface area contributed by atoms with Gasteiger partial charge in [0.25, 0.3) is 5.91 Å². The standard InChI is InChI=1S/C14H22N2O2/c1-4-14(3,10-15)18-11(2)13(17)16-12-8-6-5-7-9-12/h5-9,11H,4,10,15H2,1-3H3,(H,16,17). The fraction of sp³-hybridized carbons (Fsp3) is 0.500. The number of amides is 1. The summed E-state index contributed by atoms with van der Waals surface area (Å²) in [6.07, 6.45) is 0.241. The summed E-state index contributed by atoms with van der Waals surface area (Å²) in [5.41, 5.74) is 5.98. The monoisotopic (exact) mass is 250 g/mol. The Hall–Kier alpha value is -1.39. The maximum Gasteiger partial charge on any atom is 0.253 e. The highest BCUT2D eigenvalue weighted by molar-refractivity contribution is 5.93. The van der Waals surface area contributed by atoms with Crippen molar-refractivity contribution in [2.45, 2.75) is 38.9 Å². The molecule has 1 amide bonds. The Labute approximate surface area is 109 Å². The first-order chi connectivity index (χ1) is 8.50. The molecular formula is C14H22N2O2. The molecule has 3 N–H and O–H groups in total. The number of nitrogens with two attached hydrogens (primary N) is 1. The van der Waals surface area contributed by atoms with E-state index in [0.29, 0.717) is 6.54 Å². The van der Waals surface area contributed by atoms with Crippen LogP contribution in [0.5, 0.6) is 0 Å². The molecule has 0 saturated carbocycles. The van der Waals surface area contributed by atoms with Gasteiger partial charge in [-0.2, -0.15) is 0 Å². The quantitative estimate of drug-likeness (QED) is 0.813. The zero-order valence-electron chi connectivity index (χ0n) is 11.3. The van der Waals surface area contributed by atoms with Crippen molar-refractivity contribution in [1.29, 1.82) is 0 Å². The second-order valence-electron chi connectivity index (χ2n) is 4.62. The molecule has 0 fully saturated rings. The van der Waals surface area contributed by atoms with Crippen molar-refractivity contribution in [1.82, 2.24) is 0 Å². The molecule has 0 saturated heterocycles. The number of hydrogen-bond donors (Lipinski definition) is 2. The summed E-state index contributed by atoms with van der Waals surface area (Å²) in [6, 6.07) is 9.33. The van der Waals surface area contributed by atoms with Gasteiger partial charge in [-0.3, -0.25) is 4.79 Å². The van der Waals surface area contributed by atoms with Crippen molar-refractivity contribution in [2.24, 2.45) is 5.73 Å². The minimum atomic E-state index is -0.529. The molecule has 0 heterocycles. The first-order valence-electron chi connectivity index (χ1n) is 6.24. The van der Waals surface area contributed by atoms with Crippen LogP contribution in [0.1, 0.15) is 27.2 Å². The van der Waals surface area contributed by atoms with Crippen LogP contribution in [0, 0.1) is 0 Å². The van der Waals surface area contributed by atoms with Crippen molar-refractivity contribution in [3.63, 3.8) is 0 Å². The van der Waals surface area contributed by atoms with Crippen LogP contribution in [-0.4, -0.2) is 24.2 Å². The highest BCUT2D eigenvalue weighted by Gasteiger charge is 2.26. The summed E-state index contributed by atoms with van der Waals surface area (Å²) >= 11 is 0. The Balaban J connectivity index is 2.57. The lowest BCUT2D eigenvalue weighted by atomic mass is 10.0. The van der Waals surface area contributed by atoms with E-state index >= 15 is 0 Å². The molecular weight excluding hydrogens is 228 g/mol. The molecule has 0 spiro atoms. The smallest absolute Gasteiger partial charge is 0.253 e. The third-order valence-corrected chi connectivity index (χ3v) is 3.05. The summed E-state index contributed by atoms with van der Waals surface area (Å²) < 4.78 is 5.73. The lowest BCUT2D eigenvalue weighted by Gasteiger charge is -2.30. The third-order valence-electron chi connectivity index (χ3n) is 3.05. The molecule has 1 rings (SSSR count). The lowest BCUT2D eigenvalue weighted by molar-refractivity contribution is -0.137. The number of hydrogen-bond acceptors (Lipinski definition) is 3. The SMILES string of the molecule is CCC(C)(CN)OC(C)C(=O)Nc1ccccc1. The minimum absolute atomic E-state index is 0.158. The van der Waals surface area contributed by atoms with Gasteiger partial charge in [0, 0.05) is 12.2 Å². The van der Waals surface area contributed by atoms with E-state index < -0.39 is 11.7 Å². The summed E-state index contributed by atoms with van der Waals surface area (Å²) in [5, 5.41) is 2.81. The van der Waals surface area contributed by atoms with Gasteiger partial charge in [-0.15, -0.1) is 0 Å². The molecule has 0 aliphatic carbocycles. The Morgan fingerprint density at radius 3 is 2.56 bits per heavy atom. The Bertz CT molecular complexity index is 375. The predicted octanol–water partition coefficient (Wildman–Crippen LogP) is 2.16. The van der Waals surface area contributed by atoms with Gasteiger partial charge in [0.2, 0.25) is 0 Å². The Morgan fingerprint density at radius 1 is 1.44 bits per heavy atom. The van der Waals surface area contributed by atoms with E-state index in [1.165, 1.54) is 0 Å². The molecule has 4 nitrogen and oxygen atoms in total. The minimum Gasteiger partial charge on any atom is -0.361 e. The van der Waals surface area contributed by atoms with Crippen LogP contribution in [0.25, 0.3) is 0 Å². The number of carbonyl (C=O) groups is 1. The summed E-state index contributed by atoms with van der Waals surface area (Å²) in [7, 11) is 0. The molecule has 0 bridgehead atoms. The number of ether oxygens (including phenoxy) is 1. The fourth-order valence-electron chi connectivity index (χ4n) is 1.52. The molecule has 0 radical (unpaired) electrons. The largest absolute Gasteiger partial charge is 0.361 e. The number of nitrogens with one attached hydrogen (secondary N) is 1. The van der Waals surface area contributed by atoms with Gasteiger partial charge in [0.15, 0.2) is 0 Å². The Kier molecular flexibility index (Phi) is 5.31. The van der Waals surface area contributed by atoms with E-state index in [9.17, 15) is 4.79 Å². The zero-order valence-corrected chi connectivity index (χ0v) is 11.3. The maximum atomic E-state index is 11.9. The molecule has 2 atom stereocenters. The van der Waals surface area contributed by atoms with E-state index in [1.807, 2.05) is 44.2 Å². The van der Waals surface area contributed by atoms with Gasteiger partial charge < -0.3 is 15.8 Å². The van der Waals surface area contributed by atoms with Crippen LogP contribution in [0.4, 0.5) is 5.69 Å². The normalized spacial score (nSPS) is 15.8. The summed E-state index contributed by atoms with van der Waals surface area (Å²) in [5.74, 6) is -0.158. The van der Waals surface area contributed by atoms with Gasteiger partial charge in [0.05, 0.1) is 5.60 Å². The molecule has 4 heteroatoms. The fourth-order valence-corrected chi connectivity index (χ4v) is 1.52. The highest BCUT2D eigenvalue weighted by Crippen LogP contribution is 2.17. The Morgan fingerprint density at radius 2 is 2.06 bits per heavy atom. The van der Waals surface area contributed by atoms with Crippen molar-refractivity contribution in [3.8, 4) is 0 Å². The molecule has 0 aromatic heterocycles. The van der Waals surface area contributed by atoms with Crippen molar-refractivity contribution < 1.29 is 9.53 Å². The number of anilines is 1. The van der Waals surface area contributed by atoms with E-state index in [1.54, 1.807) is 6.92 Å². The topological polar surface area (TPSA) is 64.3 Å². The van der Waals surface area contributed by atoms with E-state index in [4.69, 9.17) is 10.5 Å². The molecule has 0 aliphatic heterocycles. The maximum absolute atomic E-state index is 11.9. The number of carbonyl (C=O) groups excluding carboxylic acids is 1. The zero-order chi connectivity index (χ0) is 13.6. The van der Waals surface area contributed by atoms with Gasteiger partial charge in [-0.1, -0.05) is 25.1 Å². The second kappa shape index (κ2) is 6.52. The van der Waals surface area contributed by atoms with Crippen LogP contribution in [0.3, 0.4) is 0 Å². The van der Waals surface area contributed by atoms with Gasteiger partial charge in [-0.05, 0) is 32.4 Å². The number of benzene rings is 1. The predicted molar refractivity (Wildman–Crippen MR) is 73.4 cm³/mol. The van der Waals surface area contributed by atoms with Gasteiger partial charge in [0.1, 0.15) is 6.10 Å². The highest BCUT2D eigenvalue weighted by atomic mass is 16.5. The average Bonchev–Trinajstić information content (AvgIpc) is 2.39. The van der Waals surface area contributed by atoms with Gasteiger partial charge >= 0.3 is 0 Å². The van der Waals surface area contributed by atoms with Crippen LogP contribution in [-0.2, 0) is 9.53 Å². The van der Waals surface area contributed by atoms with Crippen LogP contribution in [0.2, 0.25) is 0 Å². The molecule has 1 aromatic rings.